The summed E-state index contributed by atoms with van der Waals surface area (Å²) in [5.41, 5.74) is 6.95. The number of pyridine rings is 1. The van der Waals surface area contributed by atoms with Gasteiger partial charge in [0, 0.05) is 24.9 Å². The Morgan fingerprint density at radius 2 is 2.06 bits per heavy atom. The molecule has 0 aliphatic carbocycles. The quantitative estimate of drug-likeness (QED) is 0.377. The number of carbonyl (C=O) groups is 3. The Hall–Kier alpha value is -4.32. The Kier molecular flexibility index (Phi) is 7.85. The summed E-state index contributed by atoms with van der Waals surface area (Å²) in [6.07, 6.45) is 3.95. The molecule has 1 aromatic carbocycles. The van der Waals surface area contributed by atoms with Gasteiger partial charge in [-0.2, -0.15) is 0 Å². The number of benzene rings is 1. The minimum atomic E-state index is -0.888. The first-order chi connectivity index (χ1) is 17.4. The van der Waals surface area contributed by atoms with Crippen molar-refractivity contribution < 1.29 is 29.0 Å². The molecule has 0 spiro atoms. The lowest BCUT2D eigenvalue weighted by Crippen LogP contribution is -2.29. The second kappa shape index (κ2) is 11.4. The van der Waals surface area contributed by atoms with Crippen LogP contribution in [-0.4, -0.2) is 55.6 Å². The van der Waals surface area contributed by atoms with Crippen molar-refractivity contribution in [1.29, 1.82) is 0 Å². The van der Waals surface area contributed by atoms with Gasteiger partial charge >= 0.3 is 5.97 Å². The van der Waals surface area contributed by atoms with Crippen molar-refractivity contribution in [1.82, 2.24) is 25.3 Å². The van der Waals surface area contributed by atoms with Gasteiger partial charge in [-0.3, -0.25) is 19.4 Å². The Bertz CT molecular complexity index is 1230. The molecule has 3 aromatic rings. The first-order valence-corrected chi connectivity index (χ1v) is 11.4. The number of para-hydroxylation sites is 1. The van der Waals surface area contributed by atoms with Crippen LogP contribution < -0.4 is 15.8 Å². The third-order valence-corrected chi connectivity index (χ3v) is 5.74. The number of hydrogen-bond donors (Lipinski definition) is 3. The van der Waals surface area contributed by atoms with Gasteiger partial charge in [0.1, 0.15) is 23.7 Å². The van der Waals surface area contributed by atoms with Gasteiger partial charge in [0.05, 0.1) is 30.3 Å². The van der Waals surface area contributed by atoms with Crippen molar-refractivity contribution in [3.8, 4) is 5.75 Å². The number of nitrogens with zero attached hydrogens (tertiary/aromatic N) is 4. The number of amides is 2. The molecule has 2 aromatic heterocycles. The number of hydrogen-bond acceptors (Lipinski definition) is 8. The fraction of sp³-hybridized carbons (Fsp3) is 0.333. The van der Waals surface area contributed by atoms with Crippen LogP contribution >= 0.6 is 0 Å². The summed E-state index contributed by atoms with van der Waals surface area (Å²) in [6, 6.07) is 10.2. The van der Waals surface area contributed by atoms with Crippen molar-refractivity contribution in [2.45, 2.75) is 44.6 Å². The van der Waals surface area contributed by atoms with Crippen molar-refractivity contribution >= 4 is 17.8 Å². The summed E-state index contributed by atoms with van der Waals surface area (Å²) in [5.74, 6) is -1.32. The molecule has 12 nitrogen and oxygen atoms in total. The Balaban J connectivity index is 1.32. The zero-order valence-corrected chi connectivity index (χ0v) is 19.4. The van der Waals surface area contributed by atoms with Crippen LogP contribution in [0.2, 0.25) is 0 Å². The lowest BCUT2D eigenvalue weighted by atomic mass is 10.0. The monoisotopic (exact) mass is 494 g/mol. The number of nitrogens with one attached hydrogen (secondary N) is 1. The zero-order valence-electron chi connectivity index (χ0n) is 19.4. The van der Waals surface area contributed by atoms with E-state index in [1.807, 2.05) is 18.2 Å². The molecule has 3 heterocycles. The van der Waals surface area contributed by atoms with Crippen LogP contribution in [0.5, 0.6) is 5.75 Å². The van der Waals surface area contributed by atoms with Gasteiger partial charge in [0.2, 0.25) is 5.91 Å². The third kappa shape index (κ3) is 6.42. The highest BCUT2D eigenvalue weighted by atomic mass is 16.5. The van der Waals surface area contributed by atoms with E-state index >= 15 is 0 Å². The SMILES string of the molecule is NC(=O)c1ccc(C(=O)NCc2ccccc2OCc2cn(C3CCOC(CC(=O)O)C3)nn2)nc1. The Morgan fingerprint density at radius 3 is 2.81 bits per heavy atom. The van der Waals surface area contributed by atoms with Gasteiger partial charge in [0.25, 0.3) is 5.91 Å². The highest BCUT2D eigenvalue weighted by Gasteiger charge is 2.26. The number of carbonyl (C=O) groups excluding carboxylic acids is 2. The van der Waals surface area contributed by atoms with E-state index in [4.69, 9.17) is 20.3 Å². The molecule has 1 aliphatic heterocycles. The summed E-state index contributed by atoms with van der Waals surface area (Å²) in [6.45, 7) is 0.842. The largest absolute Gasteiger partial charge is 0.487 e. The molecule has 0 bridgehead atoms. The van der Waals surface area contributed by atoms with E-state index in [1.54, 1.807) is 16.9 Å². The van der Waals surface area contributed by atoms with E-state index in [-0.39, 0.29) is 43.0 Å². The fourth-order valence-electron chi connectivity index (χ4n) is 3.88. The van der Waals surface area contributed by atoms with Crippen LogP contribution in [0, 0.1) is 0 Å². The molecule has 4 rings (SSSR count). The number of carboxylic acids is 1. The normalized spacial score (nSPS) is 17.3. The summed E-state index contributed by atoms with van der Waals surface area (Å²) in [5, 5.41) is 20.2. The summed E-state index contributed by atoms with van der Waals surface area (Å²) >= 11 is 0. The van der Waals surface area contributed by atoms with Crippen molar-refractivity contribution in [2.24, 2.45) is 5.73 Å². The molecule has 1 aliphatic rings. The maximum atomic E-state index is 12.4. The van der Waals surface area contributed by atoms with E-state index in [0.717, 1.165) is 12.0 Å². The Morgan fingerprint density at radius 1 is 1.22 bits per heavy atom. The van der Waals surface area contributed by atoms with Crippen LogP contribution in [0.4, 0.5) is 0 Å². The molecule has 36 heavy (non-hydrogen) atoms. The van der Waals surface area contributed by atoms with Crippen LogP contribution in [0.3, 0.4) is 0 Å². The number of nitrogens with two attached hydrogens (primary N) is 1. The molecular weight excluding hydrogens is 468 g/mol. The number of carboxylic acid groups (broad SMARTS) is 1. The molecule has 1 fully saturated rings. The van der Waals surface area contributed by atoms with E-state index in [2.05, 4.69) is 20.6 Å². The first kappa shape index (κ1) is 24.8. The van der Waals surface area contributed by atoms with Gasteiger partial charge in [-0.25, -0.2) is 4.68 Å². The molecule has 0 saturated carbocycles. The highest BCUT2D eigenvalue weighted by molar-refractivity contribution is 5.95. The van der Waals surface area contributed by atoms with Crippen LogP contribution in [0.25, 0.3) is 0 Å². The Labute approximate surface area is 206 Å². The molecule has 1 saturated heterocycles. The third-order valence-electron chi connectivity index (χ3n) is 5.74. The lowest BCUT2D eigenvalue weighted by Gasteiger charge is -2.28. The molecular formula is C24H26N6O6. The van der Waals surface area contributed by atoms with E-state index < -0.39 is 17.8 Å². The average Bonchev–Trinajstić information content (AvgIpc) is 3.35. The van der Waals surface area contributed by atoms with Gasteiger partial charge in [-0.15, -0.1) is 5.10 Å². The number of rotatable bonds is 10. The smallest absolute Gasteiger partial charge is 0.305 e. The molecule has 2 amide bonds. The minimum Gasteiger partial charge on any atom is -0.487 e. The molecule has 188 valence electrons. The second-order valence-electron chi connectivity index (χ2n) is 8.33. The van der Waals surface area contributed by atoms with Crippen LogP contribution in [0.1, 0.15) is 57.4 Å². The van der Waals surface area contributed by atoms with E-state index in [0.29, 0.717) is 24.5 Å². The van der Waals surface area contributed by atoms with Crippen molar-refractivity contribution in [3.63, 3.8) is 0 Å². The van der Waals surface area contributed by atoms with Crippen molar-refractivity contribution in [3.05, 3.63) is 71.3 Å². The number of primary amides is 1. The predicted octanol–water partition coefficient (Wildman–Crippen LogP) is 1.48. The second-order valence-corrected chi connectivity index (χ2v) is 8.33. The maximum absolute atomic E-state index is 12.4. The molecule has 4 N–H and O–H groups in total. The fourth-order valence-corrected chi connectivity index (χ4v) is 3.88. The van der Waals surface area contributed by atoms with Crippen LogP contribution in [-0.2, 0) is 22.7 Å². The summed E-state index contributed by atoms with van der Waals surface area (Å²) in [4.78, 5) is 38.5. The van der Waals surface area contributed by atoms with Gasteiger partial charge in [-0.1, -0.05) is 23.4 Å². The summed E-state index contributed by atoms with van der Waals surface area (Å²) < 4.78 is 13.2. The number of aliphatic carboxylic acids is 1. The van der Waals surface area contributed by atoms with E-state index in [1.165, 1.54) is 18.3 Å². The zero-order chi connectivity index (χ0) is 25.5. The van der Waals surface area contributed by atoms with Gasteiger partial charge in [0.15, 0.2) is 0 Å². The van der Waals surface area contributed by atoms with Crippen LogP contribution in [0.15, 0.2) is 48.8 Å². The average molecular weight is 495 g/mol. The van der Waals surface area contributed by atoms with Gasteiger partial charge in [-0.05, 0) is 31.0 Å². The number of ether oxygens (including phenoxy) is 2. The van der Waals surface area contributed by atoms with E-state index in [9.17, 15) is 14.4 Å². The lowest BCUT2D eigenvalue weighted by molar-refractivity contribution is -0.141. The first-order valence-electron chi connectivity index (χ1n) is 11.4. The molecule has 2 atom stereocenters. The topological polar surface area (TPSA) is 172 Å². The highest BCUT2D eigenvalue weighted by Crippen LogP contribution is 2.26. The molecule has 0 radical (unpaired) electrons. The minimum absolute atomic E-state index is 0.0116. The maximum Gasteiger partial charge on any atom is 0.305 e. The molecule has 12 heteroatoms. The summed E-state index contributed by atoms with van der Waals surface area (Å²) in [7, 11) is 0. The number of aromatic nitrogens is 4. The molecule has 2 unspecified atom stereocenters. The van der Waals surface area contributed by atoms with Crippen molar-refractivity contribution in [2.75, 3.05) is 6.61 Å². The standard InChI is InChI=1S/C24H26N6O6/c25-23(33)16-5-6-20(26-12-16)24(34)27-11-15-3-1-2-4-21(15)36-14-17-13-30(29-28-17)18-7-8-35-19(9-18)10-22(31)32/h1-6,12-13,18-19H,7-11,14H2,(H2,25,33)(H,27,34)(H,31,32). The van der Waals surface area contributed by atoms with Gasteiger partial charge < -0.3 is 25.6 Å². The predicted molar refractivity (Wildman–Crippen MR) is 125 cm³/mol.